The topological polar surface area (TPSA) is 89.1 Å². The predicted molar refractivity (Wildman–Crippen MR) is 112 cm³/mol. The largest absolute Gasteiger partial charge is 0.478 e. The zero-order valence-corrected chi connectivity index (χ0v) is 17.3. The summed E-state index contributed by atoms with van der Waals surface area (Å²) in [6.45, 7) is 9.05. The molecule has 0 fully saturated rings. The van der Waals surface area contributed by atoms with Gasteiger partial charge in [-0.3, -0.25) is 9.79 Å². The Hall–Kier alpha value is -2.37. The normalized spacial score (nSPS) is 17.3. The minimum absolute atomic E-state index is 0.199. The van der Waals surface area contributed by atoms with Gasteiger partial charge in [-0.2, -0.15) is 0 Å². The number of nitrogens with zero attached hydrogens (tertiary/aromatic N) is 2. The van der Waals surface area contributed by atoms with Gasteiger partial charge in [0.2, 0.25) is 0 Å². The molecule has 3 N–H and O–H groups in total. The number of carbonyl (C=O) groups excluding carboxylic acids is 1. The summed E-state index contributed by atoms with van der Waals surface area (Å²) in [5, 5.41) is 2.65. The summed E-state index contributed by atoms with van der Waals surface area (Å²) in [5.74, 6) is 0.995. The lowest BCUT2D eigenvalue weighted by Gasteiger charge is -2.18. The minimum atomic E-state index is -0.206. The van der Waals surface area contributed by atoms with E-state index in [0.717, 1.165) is 29.7 Å². The number of ether oxygens (including phenoxy) is 1. The molecule has 0 saturated carbocycles. The molecule has 1 aromatic rings. The van der Waals surface area contributed by atoms with Crippen molar-refractivity contribution in [1.29, 1.82) is 0 Å². The van der Waals surface area contributed by atoms with Crippen LogP contribution in [0.25, 0.3) is 0 Å². The average molecular weight is 373 g/mol. The summed E-state index contributed by atoms with van der Waals surface area (Å²) in [6, 6.07) is 3.77. The highest BCUT2D eigenvalue weighted by molar-refractivity contribution is 6.13. The van der Waals surface area contributed by atoms with E-state index in [2.05, 4.69) is 29.1 Å². The molecule has 6 heteroatoms. The van der Waals surface area contributed by atoms with Crippen LogP contribution in [0.2, 0.25) is 0 Å². The first-order chi connectivity index (χ1) is 12.7. The number of hydrogen-bond acceptors (Lipinski definition) is 5. The van der Waals surface area contributed by atoms with Crippen molar-refractivity contribution in [2.45, 2.75) is 52.5 Å². The SMILES string of the molecule is CC[C@H](C)Cc1cc(N)c(C(=O)NC)cc1C(CC1=NC(C)(C)CO1)=NC. The molecule has 1 atom stereocenters. The molecule has 0 aromatic heterocycles. The van der Waals surface area contributed by atoms with Gasteiger partial charge in [-0.25, -0.2) is 4.99 Å². The van der Waals surface area contributed by atoms with E-state index >= 15 is 0 Å². The van der Waals surface area contributed by atoms with Crippen LogP contribution in [0.3, 0.4) is 0 Å². The Labute approximate surface area is 162 Å². The average Bonchev–Trinajstić information content (AvgIpc) is 2.98. The molecule has 148 valence electrons. The molecule has 0 spiro atoms. The van der Waals surface area contributed by atoms with Crippen molar-refractivity contribution in [1.82, 2.24) is 5.32 Å². The van der Waals surface area contributed by atoms with Gasteiger partial charge in [0, 0.05) is 25.3 Å². The summed E-state index contributed by atoms with van der Waals surface area (Å²) in [5.41, 5.74) is 9.83. The second-order valence-corrected chi connectivity index (χ2v) is 7.85. The van der Waals surface area contributed by atoms with Crippen LogP contribution in [-0.4, -0.2) is 43.8 Å². The molecule has 1 aliphatic rings. The van der Waals surface area contributed by atoms with E-state index in [4.69, 9.17) is 10.5 Å². The highest BCUT2D eigenvalue weighted by Crippen LogP contribution is 2.26. The Morgan fingerprint density at radius 1 is 1.41 bits per heavy atom. The van der Waals surface area contributed by atoms with E-state index in [1.54, 1.807) is 14.1 Å². The van der Waals surface area contributed by atoms with E-state index in [-0.39, 0.29) is 11.4 Å². The molecule has 1 heterocycles. The van der Waals surface area contributed by atoms with Crippen molar-refractivity contribution >= 4 is 23.2 Å². The molecule has 0 aliphatic carbocycles. The monoisotopic (exact) mass is 372 g/mol. The number of aliphatic imine (C=N–C) groups is 2. The van der Waals surface area contributed by atoms with Gasteiger partial charge in [0.15, 0.2) is 5.90 Å². The van der Waals surface area contributed by atoms with Crippen molar-refractivity contribution in [2.24, 2.45) is 15.9 Å². The lowest BCUT2D eigenvalue weighted by Crippen LogP contribution is -2.21. The quantitative estimate of drug-likeness (QED) is 0.569. The Kier molecular flexibility index (Phi) is 6.63. The lowest BCUT2D eigenvalue weighted by molar-refractivity contribution is 0.0964. The fourth-order valence-electron chi connectivity index (χ4n) is 3.14. The molecular formula is C21H32N4O2. The van der Waals surface area contributed by atoms with E-state index in [0.29, 0.717) is 36.1 Å². The van der Waals surface area contributed by atoms with Gasteiger partial charge >= 0.3 is 0 Å². The maximum atomic E-state index is 12.2. The van der Waals surface area contributed by atoms with Crippen molar-refractivity contribution in [2.75, 3.05) is 26.4 Å². The molecule has 6 nitrogen and oxygen atoms in total. The molecule has 27 heavy (non-hydrogen) atoms. The van der Waals surface area contributed by atoms with Crippen LogP contribution in [0, 0.1) is 5.92 Å². The Morgan fingerprint density at radius 3 is 2.63 bits per heavy atom. The third kappa shape index (κ3) is 5.08. The summed E-state index contributed by atoms with van der Waals surface area (Å²) in [6.07, 6.45) is 2.45. The van der Waals surface area contributed by atoms with Crippen LogP contribution in [0.1, 0.15) is 62.0 Å². The first-order valence-corrected chi connectivity index (χ1v) is 9.52. The maximum absolute atomic E-state index is 12.2. The van der Waals surface area contributed by atoms with Gasteiger partial charge in [-0.15, -0.1) is 0 Å². The Morgan fingerprint density at radius 2 is 2.11 bits per heavy atom. The first kappa shape index (κ1) is 20.9. The van der Waals surface area contributed by atoms with E-state index < -0.39 is 0 Å². The molecule has 1 amide bonds. The van der Waals surface area contributed by atoms with Crippen molar-refractivity contribution < 1.29 is 9.53 Å². The number of rotatable bonds is 7. The Bertz CT molecular complexity index is 766. The number of anilines is 1. The number of nitrogens with two attached hydrogens (primary N) is 1. The highest BCUT2D eigenvalue weighted by atomic mass is 16.5. The first-order valence-electron chi connectivity index (χ1n) is 9.52. The van der Waals surface area contributed by atoms with Gasteiger partial charge < -0.3 is 15.8 Å². The molecule has 0 unspecified atom stereocenters. The highest BCUT2D eigenvalue weighted by Gasteiger charge is 2.28. The minimum Gasteiger partial charge on any atom is -0.478 e. The lowest BCUT2D eigenvalue weighted by atomic mass is 9.90. The zero-order valence-electron chi connectivity index (χ0n) is 17.3. The molecule has 0 bridgehead atoms. The molecule has 1 aliphatic heterocycles. The van der Waals surface area contributed by atoms with Crippen LogP contribution >= 0.6 is 0 Å². The van der Waals surface area contributed by atoms with Gasteiger partial charge in [-0.05, 0) is 43.9 Å². The van der Waals surface area contributed by atoms with Gasteiger partial charge in [0.25, 0.3) is 5.91 Å². The second-order valence-electron chi connectivity index (χ2n) is 7.85. The van der Waals surface area contributed by atoms with Crippen LogP contribution in [0.4, 0.5) is 5.69 Å². The number of nitrogens with one attached hydrogen (secondary N) is 1. The van der Waals surface area contributed by atoms with Crippen molar-refractivity contribution in [3.8, 4) is 0 Å². The summed E-state index contributed by atoms with van der Waals surface area (Å²) < 4.78 is 5.75. The molecular weight excluding hydrogens is 340 g/mol. The number of amides is 1. The fraction of sp³-hybridized carbons (Fsp3) is 0.571. The molecule has 0 radical (unpaired) electrons. The Balaban J connectivity index is 2.47. The summed E-state index contributed by atoms with van der Waals surface area (Å²) in [4.78, 5) is 21.4. The number of carbonyl (C=O) groups is 1. The standard InChI is InChI=1S/C21H32N4O2/c1-7-13(2)8-14-9-17(22)16(20(26)24-6)10-15(14)18(23-5)11-19-25-21(3,4)12-27-19/h9-10,13H,7-8,11-12,22H2,1-6H3,(H,24,26)/t13-/m0/s1. The number of benzene rings is 1. The van der Waals surface area contributed by atoms with Gasteiger partial charge in [-0.1, -0.05) is 20.3 Å². The van der Waals surface area contributed by atoms with Gasteiger partial charge in [0.05, 0.1) is 23.2 Å². The molecule has 1 aromatic carbocycles. The predicted octanol–water partition coefficient (Wildman–Crippen LogP) is 3.23. The van der Waals surface area contributed by atoms with Crippen LogP contribution in [0.15, 0.2) is 22.1 Å². The third-order valence-electron chi connectivity index (χ3n) is 4.93. The van der Waals surface area contributed by atoms with Gasteiger partial charge in [0.1, 0.15) is 6.61 Å². The second kappa shape index (κ2) is 8.55. The smallest absolute Gasteiger partial charge is 0.253 e. The van der Waals surface area contributed by atoms with Crippen molar-refractivity contribution in [3.05, 3.63) is 28.8 Å². The van der Waals surface area contributed by atoms with E-state index in [9.17, 15) is 4.79 Å². The fourth-order valence-corrected chi connectivity index (χ4v) is 3.14. The summed E-state index contributed by atoms with van der Waals surface area (Å²) in [7, 11) is 3.37. The molecule has 0 saturated heterocycles. The maximum Gasteiger partial charge on any atom is 0.253 e. The van der Waals surface area contributed by atoms with Crippen molar-refractivity contribution in [3.63, 3.8) is 0 Å². The van der Waals surface area contributed by atoms with Crippen LogP contribution in [0.5, 0.6) is 0 Å². The van der Waals surface area contributed by atoms with E-state index in [1.807, 2.05) is 26.0 Å². The number of nitrogen functional groups attached to an aromatic ring is 1. The van der Waals surface area contributed by atoms with E-state index in [1.165, 1.54) is 0 Å². The molecule has 2 rings (SSSR count). The zero-order chi connectivity index (χ0) is 20.2. The summed E-state index contributed by atoms with van der Waals surface area (Å²) >= 11 is 0. The van der Waals surface area contributed by atoms with Crippen LogP contribution in [-0.2, 0) is 11.2 Å². The number of hydrogen-bond donors (Lipinski definition) is 2. The third-order valence-corrected chi connectivity index (χ3v) is 4.93. The van der Waals surface area contributed by atoms with Crippen LogP contribution < -0.4 is 11.1 Å².